The van der Waals surface area contributed by atoms with E-state index in [4.69, 9.17) is 5.73 Å². The van der Waals surface area contributed by atoms with Crippen molar-refractivity contribution in [3.63, 3.8) is 0 Å². The molecular weight excluding hydrogens is 326 g/mol. The highest BCUT2D eigenvalue weighted by atomic mass is 16.2. The molecule has 1 saturated heterocycles. The average molecular weight is 353 g/mol. The molecule has 2 unspecified atom stereocenters. The number of benzene rings is 1. The van der Waals surface area contributed by atoms with Crippen molar-refractivity contribution in [2.45, 2.75) is 31.3 Å². The van der Waals surface area contributed by atoms with Gasteiger partial charge in [0.15, 0.2) is 0 Å². The summed E-state index contributed by atoms with van der Waals surface area (Å²) in [4.78, 5) is 27.3. The lowest BCUT2D eigenvalue weighted by Crippen LogP contribution is -2.48. The minimum Gasteiger partial charge on any atom is -0.357 e. The molecule has 3 rings (SSSR count). The molecule has 1 aromatic carbocycles. The summed E-state index contributed by atoms with van der Waals surface area (Å²) >= 11 is 0. The minimum atomic E-state index is -0.639. The number of nitrogens with zero attached hydrogens (tertiary/aromatic N) is 1. The number of carbonyl (C=O) groups is 2. The molecule has 5 heteroatoms. The van der Waals surface area contributed by atoms with E-state index < -0.39 is 12.1 Å². The molecule has 5 nitrogen and oxygen atoms in total. The number of likely N-dealkylation sites (N-methyl/N-ethyl adjacent to an activating group) is 1. The number of rotatable bonds is 4. The molecule has 26 heavy (non-hydrogen) atoms. The van der Waals surface area contributed by atoms with Crippen molar-refractivity contribution >= 4 is 11.8 Å². The maximum Gasteiger partial charge on any atom is 0.247 e. The Balaban J connectivity index is 1.85. The molecule has 2 aliphatic rings. The third-order valence-corrected chi connectivity index (χ3v) is 5.44. The van der Waals surface area contributed by atoms with Gasteiger partial charge >= 0.3 is 0 Å². The fourth-order valence-electron chi connectivity index (χ4n) is 4.01. The third kappa shape index (κ3) is 3.88. The molecule has 1 aromatic rings. The van der Waals surface area contributed by atoms with Gasteiger partial charge in [0, 0.05) is 13.6 Å². The van der Waals surface area contributed by atoms with Gasteiger partial charge < -0.3 is 16.0 Å². The monoisotopic (exact) mass is 353 g/mol. The van der Waals surface area contributed by atoms with E-state index in [1.807, 2.05) is 30.3 Å². The van der Waals surface area contributed by atoms with E-state index in [-0.39, 0.29) is 11.8 Å². The second-order valence-electron chi connectivity index (χ2n) is 7.06. The summed E-state index contributed by atoms with van der Waals surface area (Å²) in [5.41, 5.74) is 7.07. The van der Waals surface area contributed by atoms with Crippen LogP contribution in [0.15, 0.2) is 54.6 Å². The number of allylic oxidation sites excluding steroid dienone is 4. The molecule has 0 bridgehead atoms. The zero-order valence-corrected chi connectivity index (χ0v) is 15.2. The van der Waals surface area contributed by atoms with E-state index in [9.17, 15) is 9.59 Å². The van der Waals surface area contributed by atoms with E-state index in [1.165, 1.54) is 0 Å². The van der Waals surface area contributed by atoms with Crippen molar-refractivity contribution in [1.82, 2.24) is 10.2 Å². The number of likely N-dealkylation sites (tertiary alicyclic amines) is 1. The second kappa shape index (κ2) is 8.32. The van der Waals surface area contributed by atoms with Crippen LogP contribution in [0, 0.1) is 11.8 Å². The first kappa shape index (κ1) is 18.4. The Morgan fingerprint density at radius 3 is 2.69 bits per heavy atom. The van der Waals surface area contributed by atoms with Crippen molar-refractivity contribution in [3.05, 3.63) is 60.2 Å². The van der Waals surface area contributed by atoms with Gasteiger partial charge in [-0.05, 0) is 36.7 Å². The molecule has 1 aliphatic heterocycles. The summed E-state index contributed by atoms with van der Waals surface area (Å²) in [6.07, 6.45) is 11.0. The Labute approximate surface area is 154 Å². The normalized spacial score (nSPS) is 27.1. The summed E-state index contributed by atoms with van der Waals surface area (Å²) in [5.74, 6) is 0.436. The third-order valence-electron chi connectivity index (χ3n) is 5.44. The van der Waals surface area contributed by atoms with Crippen LogP contribution in [-0.4, -0.2) is 36.3 Å². The summed E-state index contributed by atoms with van der Waals surface area (Å²) in [7, 11) is 1.60. The largest absolute Gasteiger partial charge is 0.357 e. The first-order chi connectivity index (χ1) is 12.6. The Kier molecular flexibility index (Phi) is 5.89. The zero-order chi connectivity index (χ0) is 18.5. The van der Waals surface area contributed by atoms with Gasteiger partial charge in [-0.3, -0.25) is 9.59 Å². The van der Waals surface area contributed by atoms with Gasteiger partial charge in [0.25, 0.3) is 0 Å². The van der Waals surface area contributed by atoms with Crippen molar-refractivity contribution in [3.8, 4) is 0 Å². The van der Waals surface area contributed by atoms with Crippen LogP contribution in [0.2, 0.25) is 0 Å². The number of amides is 2. The molecule has 1 heterocycles. The van der Waals surface area contributed by atoms with Gasteiger partial charge in [-0.2, -0.15) is 0 Å². The molecule has 4 atom stereocenters. The number of nitrogens with two attached hydrogens (primary N) is 1. The fourth-order valence-corrected chi connectivity index (χ4v) is 4.01. The highest BCUT2D eigenvalue weighted by Gasteiger charge is 2.38. The molecular formula is C21H27N3O2. The fraction of sp³-hybridized carbons (Fsp3) is 0.429. The van der Waals surface area contributed by atoms with Gasteiger partial charge in [0.1, 0.15) is 6.04 Å². The lowest BCUT2D eigenvalue weighted by molar-refractivity contribution is -0.141. The summed E-state index contributed by atoms with van der Waals surface area (Å²) in [6.45, 7) is 0.540. The lowest BCUT2D eigenvalue weighted by atomic mass is 9.81. The van der Waals surface area contributed by atoms with Gasteiger partial charge in [0.05, 0.1) is 6.04 Å². The molecule has 138 valence electrons. The SMILES string of the molecule is CNC(=O)C(c1ccccc1)N1CC[C@@H](C2C=CC=CC2)C[C@H](N)C1=O. The molecule has 0 aromatic heterocycles. The smallest absolute Gasteiger partial charge is 0.247 e. The Bertz CT molecular complexity index is 698. The molecule has 1 aliphatic carbocycles. The van der Waals surface area contributed by atoms with E-state index >= 15 is 0 Å². The van der Waals surface area contributed by atoms with E-state index in [2.05, 4.69) is 29.6 Å². The van der Waals surface area contributed by atoms with E-state index in [1.54, 1.807) is 11.9 Å². The zero-order valence-electron chi connectivity index (χ0n) is 15.2. The summed E-state index contributed by atoms with van der Waals surface area (Å²) < 4.78 is 0. The maximum absolute atomic E-state index is 13.0. The standard InChI is InChI=1S/C21H27N3O2/c1-23-20(25)19(16-10-6-3-7-11-16)24-13-12-17(14-18(22)21(24)26)15-8-4-2-5-9-15/h2-8,10-11,15,17-19H,9,12-14,22H2,1H3,(H,23,25)/t15?,17-,18+,19?/m1/s1. The molecule has 0 saturated carbocycles. The van der Waals surface area contributed by atoms with E-state index in [0.29, 0.717) is 24.8 Å². The lowest BCUT2D eigenvalue weighted by Gasteiger charge is -2.31. The van der Waals surface area contributed by atoms with Crippen LogP contribution in [-0.2, 0) is 9.59 Å². The molecule has 0 radical (unpaired) electrons. The van der Waals surface area contributed by atoms with Crippen LogP contribution in [0.25, 0.3) is 0 Å². The molecule has 2 amide bonds. The quantitative estimate of drug-likeness (QED) is 0.871. The number of hydrogen-bond acceptors (Lipinski definition) is 3. The Hall–Kier alpha value is -2.40. The van der Waals surface area contributed by atoms with Crippen molar-refractivity contribution in [1.29, 1.82) is 0 Å². The highest BCUT2D eigenvalue weighted by molar-refractivity contribution is 5.90. The summed E-state index contributed by atoms with van der Waals surface area (Å²) in [6, 6.07) is 8.23. The Morgan fingerprint density at radius 1 is 1.27 bits per heavy atom. The molecule has 0 spiro atoms. The minimum absolute atomic E-state index is 0.139. The Morgan fingerprint density at radius 2 is 2.04 bits per heavy atom. The topological polar surface area (TPSA) is 75.4 Å². The van der Waals surface area contributed by atoms with Crippen LogP contribution >= 0.6 is 0 Å². The first-order valence-electron chi connectivity index (χ1n) is 9.27. The van der Waals surface area contributed by atoms with Crippen molar-refractivity contribution in [2.24, 2.45) is 17.6 Å². The van der Waals surface area contributed by atoms with Crippen molar-refractivity contribution < 1.29 is 9.59 Å². The van der Waals surface area contributed by atoms with Crippen LogP contribution in [0.1, 0.15) is 30.9 Å². The number of carbonyl (C=O) groups excluding carboxylic acids is 2. The van der Waals surface area contributed by atoms with Crippen LogP contribution in [0.5, 0.6) is 0 Å². The predicted octanol–water partition coefficient (Wildman–Crippen LogP) is 2.17. The number of hydrogen-bond donors (Lipinski definition) is 2. The highest BCUT2D eigenvalue weighted by Crippen LogP contribution is 2.33. The first-order valence-corrected chi connectivity index (χ1v) is 9.27. The van der Waals surface area contributed by atoms with E-state index in [0.717, 1.165) is 18.4 Å². The van der Waals surface area contributed by atoms with Crippen LogP contribution in [0.4, 0.5) is 0 Å². The van der Waals surface area contributed by atoms with Crippen LogP contribution in [0.3, 0.4) is 0 Å². The average Bonchev–Trinajstić information content (AvgIpc) is 2.83. The predicted molar refractivity (Wildman–Crippen MR) is 102 cm³/mol. The van der Waals surface area contributed by atoms with Gasteiger partial charge in [0.2, 0.25) is 11.8 Å². The van der Waals surface area contributed by atoms with Gasteiger partial charge in [-0.15, -0.1) is 0 Å². The maximum atomic E-state index is 13.0. The molecule has 1 fully saturated rings. The summed E-state index contributed by atoms with van der Waals surface area (Å²) in [5, 5.41) is 2.70. The van der Waals surface area contributed by atoms with Crippen LogP contribution < -0.4 is 11.1 Å². The number of nitrogens with one attached hydrogen (secondary N) is 1. The second-order valence-corrected chi connectivity index (χ2v) is 7.06. The van der Waals surface area contributed by atoms with Gasteiger partial charge in [-0.25, -0.2) is 0 Å². The molecule has 3 N–H and O–H groups in total. The van der Waals surface area contributed by atoms with Crippen molar-refractivity contribution in [2.75, 3.05) is 13.6 Å². The van der Waals surface area contributed by atoms with Gasteiger partial charge in [-0.1, -0.05) is 54.6 Å².